The zero-order valence-corrected chi connectivity index (χ0v) is 8.85. The number of hydrogen-bond donors (Lipinski definition) is 2. The average molecular weight is 211 g/mol. The Bertz CT molecular complexity index is 120. The van der Waals surface area contributed by atoms with Gasteiger partial charge in [0.15, 0.2) is 0 Å². The first-order valence-corrected chi connectivity index (χ1v) is 4.56. The molecular weight excluding hydrogens is 192 g/mol. The highest BCUT2D eigenvalue weighted by molar-refractivity contribution is 5.85. The largest absolute Gasteiger partial charge is 0.481 e. The van der Waals surface area contributed by atoms with Gasteiger partial charge in [-0.05, 0) is 19.3 Å². The molecule has 0 bridgehead atoms. The Morgan fingerprint density at radius 3 is 2.23 bits per heavy atom. The Hall–Kier alpha value is -0.280. The molecule has 1 atom stereocenters. The maximum absolute atomic E-state index is 10.6. The Morgan fingerprint density at radius 1 is 1.31 bits per heavy atom. The van der Waals surface area contributed by atoms with Crippen molar-refractivity contribution in [1.82, 2.24) is 0 Å². The van der Waals surface area contributed by atoms with Crippen molar-refractivity contribution in [3.8, 4) is 0 Å². The Morgan fingerprint density at radius 2 is 1.85 bits per heavy atom. The lowest BCUT2D eigenvalue weighted by Gasteiger charge is -2.09. The molecule has 80 valence electrons. The highest BCUT2D eigenvalue weighted by Gasteiger charge is 2.15. The maximum Gasteiger partial charge on any atom is 0.306 e. The average Bonchev–Trinajstić information content (AvgIpc) is 2.04. The topological polar surface area (TPSA) is 57.5 Å². The fourth-order valence-electron chi connectivity index (χ4n) is 1.18. The third-order valence-electron chi connectivity index (χ3n) is 1.97. The quantitative estimate of drug-likeness (QED) is 0.677. The molecule has 13 heavy (non-hydrogen) atoms. The highest BCUT2D eigenvalue weighted by atomic mass is 35.5. The minimum atomic E-state index is -0.725. The Labute approximate surface area is 85.6 Å². The van der Waals surface area contributed by atoms with Crippen LogP contribution in [0.3, 0.4) is 0 Å². The third-order valence-corrected chi connectivity index (χ3v) is 1.97. The molecule has 1 unspecified atom stereocenters. The van der Waals surface area contributed by atoms with E-state index in [1.165, 1.54) is 0 Å². The molecule has 3 nitrogen and oxygen atoms in total. The van der Waals surface area contributed by atoms with Crippen LogP contribution in [0.5, 0.6) is 0 Å². The molecule has 4 heteroatoms. The molecule has 0 radical (unpaired) electrons. The number of aliphatic carboxylic acids is 1. The number of carboxylic acids is 1. The van der Waals surface area contributed by atoms with Gasteiger partial charge in [0, 0.05) is 6.61 Å². The number of hydrogen-bond acceptors (Lipinski definition) is 2. The SMILES string of the molecule is CCCCC(CCCO)C(=O)O.Cl. The lowest BCUT2D eigenvalue weighted by molar-refractivity contribution is -0.142. The first-order valence-electron chi connectivity index (χ1n) is 4.56. The number of aliphatic hydroxyl groups is 1. The van der Waals surface area contributed by atoms with Crippen molar-refractivity contribution in [3.05, 3.63) is 0 Å². The zero-order chi connectivity index (χ0) is 9.40. The molecule has 0 fully saturated rings. The maximum atomic E-state index is 10.6. The molecule has 0 spiro atoms. The van der Waals surface area contributed by atoms with Gasteiger partial charge in [0.2, 0.25) is 0 Å². The van der Waals surface area contributed by atoms with E-state index in [2.05, 4.69) is 0 Å². The lowest BCUT2D eigenvalue weighted by Crippen LogP contribution is -2.13. The van der Waals surface area contributed by atoms with Crippen molar-refractivity contribution in [2.24, 2.45) is 5.92 Å². The molecule has 0 aromatic carbocycles. The number of halogens is 1. The molecule has 0 aliphatic rings. The van der Waals surface area contributed by atoms with Crippen molar-refractivity contribution in [3.63, 3.8) is 0 Å². The van der Waals surface area contributed by atoms with Crippen molar-refractivity contribution < 1.29 is 15.0 Å². The van der Waals surface area contributed by atoms with Crippen LogP contribution in [0.1, 0.15) is 39.0 Å². The van der Waals surface area contributed by atoms with Crippen LogP contribution in [0.15, 0.2) is 0 Å². The van der Waals surface area contributed by atoms with Crippen LogP contribution in [0.25, 0.3) is 0 Å². The van der Waals surface area contributed by atoms with Crippen LogP contribution >= 0.6 is 12.4 Å². The zero-order valence-electron chi connectivity index (χ0n) is 8.03. The summed E-state index contributed by atoms with van der Waals surface area (Å²) < 4.78 is 0. The third kappa shape index (κ3) is 8.06. The monoisotopic (exact) mass is 210 g/mol. The molecule has 0 rings (SSSR count). The Kier molecular flexibility index (Phi) is 11.5. The van der Waals surface area contributed by atoms with E-state index < -0.39 is 5.97 Å². The summed E-state index contributed by atoms with van der Waals surface area (Å²) in [6.45, 7) is 2.14. The first-order chi connectivity index (χ1) is 5.72. The fourth-order valence-corrected chi connectivity index (χ4v) is 1.18. The van der Waals surface area contributed by atoms with Crippen molar-refractivity contribution >= 4 is 18.4 Å². The van der Waals surface area contributed by atoms with E-state index in [0.717, 1.165) is 19.3 Å². The van der Waals surface area contributed by atoms with E-state index in [9.17, 15) is 4.79 Å². The van der Waals surface area contributed by atoms with E-state index >= 15 is 0 Å². The van der Waals surface area contributed by atoms with Crippen LogP contribution in [0.4, 0.5) is 0 Å². The minimum absolute atomic E-state index is 0. The summed E-state index contributed by atoms with van der Waals surface area (Å²) >= 11 is 0. The molecule has 0 heterocycles. The van der Waals surface area contributed by atoms with Crippen LogP contribution in [-0.2, 0) is 4.79 Å². The van der Waals surface area contributed by atoms with Gasteiger partial charge in [-0.25, -0.2) is 0 Å². The van der Waals surface area contributed by atoms with E-state index in [1.807, 2.05) is 6.92 Å². The van der Waals surface area contributed by atoms with E-state index in [-0.39, 0.29) is 24.9 Å². The van der Waals surface area contributed by atoms with E-state index in [0.29, 0.717) is 12.8 Å². The summed E-state index contributed by atoms with van der Waals surface area (Å²) in [6, 6.07) is 0. The van der Waals surface area contributed by atoms with E-state index in [1.54, 1.807) is 0 Å². The predicted octanol–water partition coefficient (Wildman–Crippen LogP) is 2.07. The molecule has 0 amide bonds. The number of aliphatic hydroxyl groups excluding tert-OH is 1. The van der Waals surface area contributed by atoms with Crippen LogP contribution in [0.2, 0.25) is 0 Å². The smallest absolute Gasteiger partial charge is 0.306 e. The summed E-state index contributed by atoms with van der Waals surface area (Å²) in [5.41, 5.74) is 0. The lowest BCUT2D eigenvalue weighted by atomic mass is 9.97. The van der Waals surface area contributed by atoms with Crippen molar-refractivity contribution in [2.75, 3.05) is 6.61 Å². The van der Waals surface area contributed by atoms with Gasteiger partial charge in [0.05, 0.1) is 5.92 Å². The summed E-state index contributed by atoms with van der Waals surface area (Å²) in [5.74, 6) is -0.978. The predicted molar refractivity (Wildman–Crippen MR) is 54.2 cm³/mol. The van der Waals surface area contributed by atoms with Gasteiger partial charge in [0.1, 0.15) is 0 Å². The molecule has 0 aliphatic heterocycles. The molecular formula is C9H19ClO3. The van der Waals surface area contributed by atoms with Gasteiger partial charge in [-0.3, -0.25) is 4.79 Å². The number of rotatable bonds is 7. The van der Waals surface area contributed by atoms with Gasteiger partial charge in [-0.1, -0.05) is 19.8 Å². The molecule has 0 aliphatic carbocycles. The number of unbranched alkanes of at least 4 members (excludes halogenated alkanes) is 1. The van der Waals surface area contributed by atoms with Crippen LogP contribution < -0.4 is 0 Å². The van der Waals surface area contributed by atoms with Gasteiger partial charge < -0.3 is 10.2 Å². The van der Waals surface area contributed by atoms with Gasteiger partial charge >= 0.3 is 5.97 Å². The van der Waals surface area contributed by atoms with Crippen LogP contribution in [0, 0.1) is 5.92 Å². The minimum Gasteiger partial charge on any atom is -0.481 e. The molecule has 0 saturated heterocycles. The molecule has 0 saturated carbocycles. The van der Waals surface area contributed by atoms with Crippen molar-refractivity contribution in [1.29, 1.82) is 0 Å². The second kappa shape index (κ2) is 9.81. The van der Waals surface area contributed by atoms with Gasteiger partial charge in [0.25, 0.3) is 0 Å². The summed E-state index contributed by atoms with van der Waals surface area (Å²) in [6.07, 6.45) is 3.93. The molecule has 0 aromatic heterocycles. The van der Waals surface area contributed by atoms with Gasteiger partial charge in [-0.2, -0.15) is 0 Å². The Balaban J connectivity index is 0. The summed E-state index contributed by atoms with van der Waals surface area (Å²) in [4.78, 5) is 10.6. The molecule has 0 aromatic rings. The standard InChI is InChI=1S/C9H18O3.ClH/c1-2-3-5-8(9(11)12)6-4-7-10;/h8,10H,2-7H2,1H3,(H,11,12);1H. The highest BCUT2D eigenvalue weighted by Crippen LogP contribution is 2.14. The van der Waals surface area contributed by atoms with Gasteiger partial charge in [-0.15, -0.1) is 12.4 Å². The summed E-state index contributed by atoms with van der Waals surface area (Å²) in [5, 5.41) is 17.3. The van der Waals surface area contributed by atoms with E-state index in [4.69, 9.17) is 10.2 Å². The normalized spacial score (nSPS) is 11.8. The van der Waals surface area contributed by atoms with Crippen LogP contribution in [-0.4, -0.2) is 22.8 Å². The molecule has 2 N–H and O–H groups in total. The fraction of sp³-hybridized carbons (Fsp3) is 0.889. The first kappa shape index (κ1) is 15.2. The van der Waals surface area contributed by atoms with Crippen molar-refractivity contribution in [2.45, 2.75) is 39.0 Å². The number of carboxylic acid groups (broad SMARTS) is 1. The second-order valence-electron chi connectivity index (χ2n) is 3.04. The number of carbonyl (C=O) groups is 1. The second-order valence-corrected chi connectivity index (χ2v) is 3.04. The summed E-state index contributed by atoms with van der Waals surface area (Å²) in [7, 11) is 0.